The van der Waals surface area contributed by atoms with Crippen LogP contribution in [0.3, 0.4) is 0 Å². The first-order valence-electron chi connectivity index (χ1n) is 12.7. The molecule has 0 saturated heterocycles. The van der Waals surface area contributed by atoms with Crippen molar-refractivity contribution in [2.75, 3.05) is 88.2 Å². The van der Waals surface area contributed by atoms with Crippen LogP contribution >= 0.6 is 0 Å². The van der Waals surface area contributed by atoms with E-state index < -0.39 is 20.8 Å². The summed E-state index contributed by atoms with van der Waals surface area (Å²) in [5.41, 5.74) is 0. The summed E-state index contributed by atoms with van der Waals surface area (Å²) in [6.45, 7) is 22.4. The highest BCUT2D eigenvalue weighted by molar-refractivity contribution is 7.80. The number of nitrogens with zero attached hydrogens (tertiary/aromatic N) is 3. The van der Waals surface area contributed by atoms with Crippen molar-refractivity contribution in [1.82, 2.24) is 0 Å². The summed E-state index contributed by atoms with van der Waals surface area (Å²) in [5, 5.41) is 0. The van der Waals surface area contributed by atoms with Crippen molar-refractivity contribution in [2.45, 2.75) is 67.7 Å². The van der Waals surface area contributed by atoms with Gasteiger partial charge in [0.15, 0.2) is 0 Å². The Labute approximate surface area is 224 Å². The summed E-state index contributed by atoms with van der Waals surface area (Å²) >= 11 is 0. The average molecular weight is 570 g/mol. The second kappa shape index (κ2) is 23.7. The molecule has 0 aromatic heterocycles. The van der Waals surface area contributed by atoms with E-state index in [1.807, 2.05) is 0 Å². The molecule has 0 unspecified atom stereocenters. The lowest BCUT2D eigenvalue weighted by atomic mass is 10.4. The molecule has 0 bridgehead atoms. The van der Waals surface area contributed by atoms with Gasteiger partial charge in [0.1, 0.15) is 0 Å². The van der Waals surface area contributed by atoms with Crippen LogP contribution in [0, 0.1) is 0 Å². The van der Waals surface area contributed by atoms with Gasteiger partial charge in [-0.05, 0) is 47.0 Å². The highest BCUT2D eigenvalue weighted by Crippen LogP contribution is 1.97. The van der Waals surface area contributed by atoms with Crippen LogP contribution in [0.5, 0.6) is 0 Å². The third-order valence-corrected chi connectivity index (χ3v) is 5.84. The van der Waals surface area contributed by atoms with E-state index in [2.05, 4.69) is 88.0 Å². The van der Waals surface area contributed by atoms with Crippen molar-refractivity contribution in [3.63, 3.8) is 0 Å². The average Bonchev–Trinajstić information content (AvgIpc) is 2.67. The molecule has 0 spiro atoms. The smallest absolute Gasteiger partial charge is 0.217 e. The highest BCUT2D eigenvalue weighted by Gasteiger charge is 2.08. The fourth-order valence-corrected chi connectivity index (χ4v) is 2.72. The van der Waals surface area contributed by atoms with E-state index in [-0.39, 0.29) is 6.61 Å². The molecule has 0 amide bonds. The zero-order chi connectivity index (χ0) is 30.3. The Morgan fingerprint density at radius 3 is 0.750 bits per heavy atom. The summed E-state index contributed by atoms with van der Waals surface area (Å²) in [7, 11) is 4.01. The summed E-state index contributed by atoms with van der Waals surface area (Å²) in [5.74, 6) is 0. The van der Waals surface area contributed by atoms with Gasteiger partial charge in [-0.3, -0.25) is 12.6 Å². The third-order valence-electron chi connectivity index (χ3n) is 5.32. The Morgan fingerprint density at radius 1 is 0.528 bits per heavy atom. The molecule has 0 aromatic carbocycles. The molecular formula is C23H59N3O8S2. The highest BCUT2D eigenvalue weighted by atomic mass is 32.3. The van der Waals surface area contributed by atoms with Crippen LogP contribution < -0.4 is 0 Å². The zero-order valence-corrected chi connectivity index (χ0v) is 27.1. The molecule has 0 aromatic rings. The molecule has 0 aliphatic rings. The molecule has 13 heteroatoms. The predicted octanol–water partition coefficient (Wildman–Crippen LogP) is 2.62. The van der Waals surface area contributed by atoms with E-state index >= 15 is 0 Å². The van der Waals surface area contributed by atoms with E-state index in [4.69, 9.17) is 17.5 Å². The number of hydrogen-bond donors (Lipinski definition) is 0. The summed E-state index contributed by atoms with van der Waals surface area (Å²) < 4.78 is 69.6. The molecule has 0 radical (unpaired) electrons. The van der Waals surface area contributed by atoms with Crippen LogP contribution in [0.25, 0.3) is 0 Å². The Morgan fingerprint density at radius 2 is 0.722 bits per heavy atom. The van der Waals surface area contributed by atoms with E-state index in [9.17, 15) is 13.0 Å². The SMILES string of the molecule is CCC[N+](C)(C)CC.CCC[N+](C)(C)CC.CCC[N+](C)(C)CC.CCOS(=O)(=O)[O-].O=S(=O)([O-])[O-]. The van der Waals surface area contributed by atoms with Crippen molar-refractivity contribution < 1.29 is 48.1 Å². The maximum atomic E-state index is 9.45. The first kappa shape index (κ1) is 45.5. The lowest BCUT2D eigenvalue weighted by molar-refractivity contribution is -0.888. The van der Waals surface area contributed by atoms with E-state index in [1.165, 1.54) is 65.5 Å². The molecule has 0 aliphatic carbocycles. The first-order valence-corrected chi connectivity index (χ1v) is 15.3. The molecule has 11 nitrogen and oxygen atoms in total. The Bertz CT molecular complexity index is 631. The van der Waals surface area contributed by atoms with E-state index in [0.29, 0.717) is 0 Å². The fraction of sp³-hybridized carbons (Fsp3) is 1.00. The van der Waals surface area contributed by atoms with Gasteiger partial charge in [0.05, 0.1) is 88.2 Å². The number of hydrogen-bond acceptors (Lipinski definition) is 8. The van der Waals surface area contributed by atoms with Gasteiger partial charge in [0.25, 0.3) is 0 Å². The van der Waals surface area contributed by atoms with Gasteiger partial charge in [0.2, 0.25) is 10.4 Å². The number of quaternary nitrogens is 3. The molecule has 36 heavy (non-hydrogen) atoms. The summed E-state index contributed by atoms with van der Waals surface area (Å²) in [4.78, 5) is 0. The summed E-state index contributed by atoms with van der Waals surface area (Å²) in [6.07, 6.45) is 3.88. The quantitative estimate of drug-likeness (QED) is 0.210. The zero-order valence-electron chi connectivity index (χ0n) is 25.5. The largest absolute Gasteiger partial charge is 0.759 e. The number of rotatable bonds is 11. The third kappa shape index (κ3) is 59.0. The van der Waals surface area contributed by atoms with Crippen molar-refractivity contribution in [3.8, 4) is 0 Å². The fourth-order valence-electron chi connectivity index (χ4n) is 2.43. The Hall–Kier alpha value is -0.380. The van der Waals surface area contributed by atoms with Gasteiger partial charge in [-0.15, -0.1) is 0 Å². The summed E-state index contributed by atoms with van der Waals surface area (Å²) in [6, 6.07) is 0. The molecule has 0 heterocycles. The van der Waals surface area contributed by atoms with Crippen LogP contribution in [-0.2, 0) is 25.0 Å². The van der Waals surface area contributed by atoms with Crippen LogP contribution in [0.15, 0.2) is 0 Å². The minimum Gasteiger partial charge on any atom is -0.759 e. The van der Waals surface area contributed by atoms with Crippen LogP contribution in [0.4, 0.5) is 0 Å². The maximum absolute atomic E-state index is 9.45. The molecule has 0 aliphatic heterocycles. The van der Waals surface area contributed by atoms with Crippen molar-refractivity contribution in [2.24, 2.45) is 0 Å². The maximum Gasteiger partial charge on any atom is 0.217 e. The normalized spacial score (nSPS) is 11.9. The minimum atomic E-state index is -5.17. The topological polar surface area (TPSA) is 147 Å². The van der Waals surface area contributed by atoms with Gasteiger partial charge in [-0.2, -0.15) is 0 Å². The Balaban J connectivity index is -0.000000112. The van der Waals surface area contributed by atoms with Crippen molar-refractivity contribution in [1.29, 1.82) is 0 Å². The van der Waals surface area contributed by atoms with Crippen molar-refractivity contribution >= 4 is 20.8 Å². The Kier molecular flexibility index (Phi) is 30.0. The standard InChI is InChI=1S/3C7H18N.C2H6O4S.H2O4S/c3*1-5-7-8(3,4)6-2;1-2-6-7(3,4)5;1-5(2,3)4/h3*5-7H2,1-4H3;2H2,1H3,(H,3,4,5);(H2,1,2,3,4)/q3*+1;;/p-3. The molecule has 0 rings (SSSR count). The first-order chi connectivity index (χ1) is 15.9. The van der Waals surface area contributed by atoms with E-state index in [1.54, 1.807) is 0 Å². The van der Waals surface area contributed by atoms with Gasteiger partial charge < -0.3 is 27.1 Å². The molecule has 0 saturated carbocycles. The van der Waals surface area contributed by atoms with Gasteiger partial charge in [-0.25, -0.2) is 8.42 Å². The van der Waals surface area contributed by atoms with Gasteiger partial charge >= 0.3 is 0 Å². The van der Waals surface area contributed by atoms with Crippen LogP contribution in [0.2, 0.25) is 0 Å². The second-order valence-electron chi connectivity index (χ2n) is 10.1. The lowest BCUT2D eigenvalue weighted by Crippen LogP contribution is -2.39. The van der Waals surface area contributed by atoms with Gasteiger partial charge in [0, 0.05) is 10.4 Å². The molecular weight excluding hydrogens is 510 g/mol. The van der Waals surface area contributed by atoms with E-state index in [0.717, 1.165) is 13.4 Å². The van der Waals surface area contributed by atoms with Crippen LogP contribution in [-0.4, -0.2) is 132 Å². The molecule has 0 atom stereocenters. The molecule has 226 valence electrons. The lowest BCUT2D eigenvalue weighted by Gasteiger charge is -2.27. The van der Waals surface area contributed by atoms with Gasteiger partial charge in [-0.1, -0.05) is 20.8 Å². The second-order valence-corrected chi connectivity index (χ2v) is 12.0. The minimum absolute atomic E-state index is 0.0914. The molecule has 0 N–H and O–H groups in total. The van der Waals surface area contributed by atoms with Crippen molar-refractivity contribution in [3.05, 3.63) is 0 Å². The molecule has 0 fully saturated rings. The van der Waals surface area contributed by atoms with Crippen LogP contribution in [0.1, 0.15) is 67.7 Å². The monoisotopic (exact) mass is 569 g/mol. The predicted molar refractivity (Wildman–Crippen MR) is 145 cm³/mol.